The van der Waals surface area contributed by atoms with Crippen molar-refractivity contribution in [1.29, 1.82) is 0 Å². The second-order valence-corrected chi connectivity index (χ2v) is 4.12. The predicted octanol–water partition coefficient (Wildman–Crippen LogP) is 2.65. The summed E-state index contributed by atoms with van der Waals surface area (Å²) >= 11 is 0. The Kier molecular flexibility index (Phi) is 3.19. The summed E-state index contributed by atoms with van der Waals surface area (Å²) < 4.78 is 10.0. The monoisotopic (exact) mass is 245 g/mol. The highest BCUT2D eigenvalue weighted by Crippen LogP contribution is 2.30. The first kappa shape index (κ1) is 12.4. The van der Waals surface area contributed by atoms with E-state index in [1.807, 2.05) is 26.0 Å². The van der Waals surface area contributed by atoms with Crippen molar-refractivity contribution in [2.24, 2.45) is 0 Å². The summed E-state index contributed by atoms with van der Waals surface area (Å²) in [4.78, 5) is 15.9. The molecule has 0 aliphatic rings. The third-order valence-electron chi connectivity index (χ3n) is 2.95. The SMILES string of the molecule is COC(=O)c1cc(OC)c2c(C)ccc(C)c2n1. The maximum Gasteiger partial charge on any atom is 0.356 e. The van der Waals surface area contributed by atoms with Gasteiger partial charge in [-0.2, -0.15) is 0 Å². The lowest BCUT2D eigenvalue weighted by Gasteiger charge is -2.11. The van der Waals surface area contributed by atoms with Gasteiger partial charge in [-0.25, -0.2) is 9.78 Å². The third-order valence-corrected chi connectivity index (χ3v) is 2.95. The average molecular weight is 245 g/mol. The molecule has 1 aromatic carbocycles. The van der Waals surface area contributed by atoms with Gasteiger partial charge in [-0.15, -0.1) is 0 Å². The molecule has 1 heterocycles. The van der Waals surface area contributed by atoms with Crippen molar-refractivity contribution in [2.75, 3.05) is 14.2 Å². The van der Waals surface area contributed by atoms with Crippen LogP contribution in [0.5, 0.6) is 5.75 Å². The first-order valence-corrected chi connectivity index (χ1v) is 5.61. The van der Waals surface area contributed by atoms with Crippen molar-refractivity contribution in [1.82, 2.24) is 4.98 Å². The van der Waals surface area contributed by atoms with Crippen molar-refractivity contribution in [3.63, 3.8) is 0 Å². The summed E-state index contributed by atoms with van der Waals surface area (Å²) in [6.07, 6.45) is 0. The van der Waals surface area contributed by atoms with Gasteiger partial charge in [0.2, 0.25) is 0 Å². The number of rotatable bonds is 2. The predicted molar refractivity (Wildman–Crippen MR) is 69.1 cm³/mol. The second kappa shape index (κ2) is 4.64. The zero-order chi connectivity index (χ0) is 13.3. The van der Waals surface area contributed by atoms with Gasteiger partial charge in [0.1, 0.15) is 5.75 Å². The molecule has 2 aromatic rings. The van der Waals surface area contributed by atoms with E-state index in [0.717, 1.165) is 22.0 Å². The van der Waals surface area contributed by atoms with E-state index < -0.39 is 5.97 Å². The van der Waals surface area contributed by atoms with Crippen LogP contribution in [0.4, 0.5) is 0 Å². The van der Waals surface area contributed by atoms with Crippen LogP contribution >= 0.6 is 0 Å². The molecule has 0 radical (unpaired) electrons. The number of hydrogen-bond acceptors (Lipinski definition) is 4. The van der Waals surface area contributed by atoms with Crippen LogP contribution in [0.3, 0.4) is 0 Å². The largest absolute Gasteiger partial charge is 0.496 e. The van der Waals surface area contributed by atoms with Gasteiger partial charge in [0.05, 0.1) is 19.7 Å². The molecule has 0 amide bonds. The van der Waals surface area contributed by atoms with E-state index in [1.54, 1.807) is 13.2 Å². The summed E-state index contributed by atoms with van der Waals surface area (Å²) in [5.74, 6) is 0.178. The van der Waals surface area contributed by atoms with Gasteiger partial charge in [-0.05, 0) is 25.0 Å². The lowest BCUT2D eigenvalue weighted by atomic mass is 10.0. The smallest absolute Gasteiger partial charge is 0.356 e. The number of nitrogens with zero attached hydrogens (tertiary/aromatic N) is 1. The fourth-order valence-electron chi connectivity index (χ4n) is 1.97. The number of fused-ring (bicyclic) bond motifs is 1. The van der Waals surface area contributed by atoms with Gasteiger partial charge in [-0.1, -0.05) is 12.1 Å². The topological polar surface area (TPSA) is 48.4 Å². The molecule has 0 saturated heterocycles. The molecule has 2 rings (SSSR count). The van der Waals surface area contributed by atoms with Gasteiger partial charge in [0.15, 0.2) is 5.69 Å². The number of carbonyl (C=O) groups is 1. The molecule has 0 aliphatic heterocycles. The Morgan fingerprint density at radius 1 is 1.17 bits per heavy atom. The second-order valence-electron chi connectivity index (χ2n) is 4.12. The number of ether oxygens (including phenoxy) is 2. The molecule has 4 heteroatoms. The summed E-state index contributed by atoms with van der Waals surface area (Å²) in [6, 6.07) is 5.60. The van der Waals surface area contributed by atoms with Crippen LogP contribution in [0.15, 0.2) is 18.2 Å². The van der Waals surface area contributed by atoms with Gasteiger partial charge in [-0.3, -0.25) is 0 Å². The zero-order valence-corrected chi connectivity index (χ0v) is 10.9. The first-order chi connectivity index (χ1) is 8.58. The molecule has 0 fully saturated rings. The fraction of sp³-hybridized carbons (Fsp3) is 0.286. The Balaban J connectivity index is 2.83. The summed E-state index contributed by atoms with van der Waals surface area (Å²) in [5.41, 5.74) is 3.10. The van der Waals surface area contributed by atoms with E-state index in [2.05, 4.69) is 4.98 Å². The lowest BCUT2D eigenvalue weighted by Crippen LogP contribution is -2.06. The van der Waals surface area contributed by atoms with Gasteiger partial charge < -0.3 is 9.47 Å². The Morgan fingerprint density at radius 3 is 2.44 bits per heavy atom. The number of aryl methyl sites for hydroxylation is 2. The minimum absolute atomic E-state index is 0.260. The van der Waals surface area contributed by atoms with Crippen molar-refractivity contribution >= 4 is 16.9 Å². The van der Waals surface area contributed by atoms with E-state index in [0.29, 0.717) is 5.75 Å². The molecule has 0 spiro atoms. The van der Waals surface area contributed by atoms with Crippen LogP contribution in [0.1, 0.15) is 21.6 Å². The zero-order valence-electron chi connectivity index (χ0n) is 10.9. The number of benzene rings is 1. The Labute approximate surface area is 106 Å². The highest BCUT2D eigenvalue weighted by atomic mass is 16.5. The molecule has 0 unspecified atom stereocenters. The molecule has 0 bridgehead atoms. The maximum atomic E-state index is 11.6. The highest BCUT2D eigenvalue weighted by molar-refractivity contribution is 5.96. The molecular formula is C14H15NO3. The standard InChI is InChI=1S/C14H15NO3/c1-8-5-6-9(2)13-12(8)11(17-3)7-10(15-13)14(16)18-4/h5-7H,1-4H3. The minimum atomic E-state index is -0.462. The summed E-state index contributed by atoms with van der Waals surface area (Å²) in [5, 5.41) is 0.935. The van der Waals surface area contributed by atoms with E-state index in [1.165, 1.54) is 7.11 Å². The molecule has 0 aliphatic carbocycles. The molecule has 0 saturated carbocycles. The first-order valence-electron chi connectivity index (χ1n) is 5.61. The Hall–Kier alpha value is -2.10. The average Bonchev–Trinajstić information content (AvgIpc) is 2.40. The molecule has 0 N–H and O–H groups in total. The molecular weight excluding hydrogens is 230 g/mol. The van der Waals surface area contributed by atoms with Crippen LogP contribution in [-0.2, 0) is 4.74 Å². The Bertz CT molecular complexity index is 620. The number of carbonyl (C=O) groups excluding carboxylic acids is 1. The minimum Gasteiger partial charge on any atom is -0.496 e. The van der Waals surface area contributed by atoms with E-state index in [9.17, 15) is 4.79 Å². The number of pyridine rings is 1. The van der Waals surface area contributed by atoms with Crippen LogP contribution in [0.25, 0.3) is 10.9 Å². The van der Waals surface area contributed by atoms with E-state index in [-0.39, 0.29) is 5.69 Å². The Morgan fingerprint density at radius 2 is 1.83 bits per heavy atom. The molecule has 1 aromatic heterocycles. The van der Waals surface area contributed by atoms with Gasteiger partial charge in [0.25, 0.3) is 0 Å². The quantitative estimate of drug-likeness (QED) is 0.763. The maximum absolute atomic E-state index is 11.6. The number of aromatic nitrogens is 1. The van der Waals surface area contributed by atoms with Crippen molar-refractivity contribution in [2.45, 2.75) is 13.8 Å². The van der Waals surface area contributed by atoms with Gasteiger partial charge in [0, 0.05) is 11.5 Å². The van der Waals surface area contributed by atoms with Crippen LogP contribution in [0, 0.1) is 13.8 Å². The highest BCUT2D eigenvalue weighted by Gasteiger charge is 2.15. The van der Waals surface area contributed by atoms with Crippen LogP contribution in [0.2, 0.25) is 0 Å². The van der Waals surface area contributed by atoms with Crippen LogP contribution < -0.4 is 4.74 Å². The normalized spacial score (nSPS) is 10.4. The number of hydrogen-bond donors (Lipinski definition) is 0. The molecule has 0 atom stereocenters. The molecule has 4 nitrogen and oxygen atoms in total. The third kappa shape index (κ3) is 1.90. The summed E-state index contributed by atoms with van der Waals surface area (Å²) in [7, 11) is 2.92. The van der Waals surface area contributed by atoms with E-state index >= 15 is 0 Å². The molecule has 94 valence electrons. The van der Waals surface area contributed by atoms with E-state index in [4.69, 9.17) is 9.47 Å². The van der Waals surface area contributed by atoms with Crippen molar-refractivity contribution in [3.05, 3.63) is 35.0 Å². The van der Waals surface area contributed by atoms with Crippen LogP contribution in [-0.4, -0.2) is 25.2 Å². The summed E-state index contributed by atoms with van der Waals surface area (Å²) in [6.45, 7) is 3.94. The fourth-order valence-corrected chi connectivity index (χ4v) is 1.97. The number of esters is 1. The van der Waals surface area contributed by atoms with Crippen molar-refractivity contribution < 1.29 is 14.3 Å². The molecule has 18 heavy (non-hydrogen) atoms. The lowest BCUT2D eigenvalue weighted by molar-refractivity contribution is 0.0594. The van der Waals surface area contributed by atoms with Gasteiger partial charge >= 0.3 is 5.97 Å². The van der Waals surface area contributed by atoms with Crippen molar-refractivity contribution in [3.8, 4) is 5.75 Å². The number of methoxy groups -OCH3 is 2.